The zero-order chi connectivity index (χ0) is 13.7. The van der Waals surface area contributed by atoms with Gasteiger partial charge in [-0.15, -0.1) is 0 Å². The first-order valence-corrected chi connectivity index (χ1v) is 7.61. The molecular formula is C16H27NO2. The number of hydrogen-bond acceptors (Lipinski definition) is 3. The van der Waals surface area contributed by atoms with Crippen molar-refractivity contribution in [1.82, 2.24) is 5.32 Å². The Morgan fingerprint density at radius 3 is 2.68 bits per heavy atom. The fourth-order valence-corrected chi connectivity index (χ4v) is 3.31. The van der Waals surface area contributed by atoms with E-state index in [1.54, 1.807) is 6.26 Å². The minimum atomic E-state index is -0.0683. The van der Waals surface area contributed by atoms with Crippen LogP contribution in [0.5, 0.6) is 0 Å². The third kappa shape index (κ3) is 3.21. The number of furan rings is 1. The molecule has 1 N–H and O–H groups in total. The highest BCUT2D eigenvalue weighted by Crippen LogP contribution is 2.43. The van der Waals surface area contributed by atoms with Crippen molar-refractivity contribution in [2.24, 2.45) is 5.92 Å². The summed E-state index contributed by atoms with van der Waals surface area (Å²) in [5, 5.41) is 3.61. The maximum atomic E-state index is 6.25. The molecule has 1 aromatic heterocycles. The topological polar surface area (TPSA) is 34.4 Å². The van der Waals surface area contributed by atoms with Crippen LogP contribution in [0.1, 0.15) is 58.1 Å². The minimum Gasteiger partial charge on any atom is -0.472 e. The second-order valence-corrected chi connectivity index (χ2v) is 5.73. The summed E-state index contributed by atoms with van der Waals surface area (Å²) in [5.74, 6) is 0.820. The second kappa shape index (κ2) is 6.58. The predicted molar refractivity (Wildman–Crippen MR) is 77.1 cm³/mol. The lowest BCUT2D eigenvalue weighted by Gasteiger charge is -2.44. The predicted octanol–water partition coefficient (Wildman–Crippen LogP) is 3.92. The summed E-state index contributed by atoms with van der Waals surface area (Å²) < 4.78 is 11.5. The Balaban J connectivity index is 2.23. The Labute approximate surface area is 116 Å². The lowest BCUT2D eigenvalue weighted by molar-refractivity contribution is -0.0974. The molecule has 0 radical (unpaired) electrons. The third-order valence-corrected chi connectivity index (χ3v) is 4.36. The van der Waals surface area contributed by atoms with Gasteiger partial charge in [0.25, 0.3) is 0 Å². The van der Waals surface area contributed by atoms with Gasteiger partial charge in [-0.25, -0.2) is 0 Å². The van der Waals surface area contributed by atoms with E-state index in [1.807, 2.05) is 6.26 Å². The van der Waals surface area contributed by atoms with Crippen molar-refractivity contribution in [3.63, 3.8) is 0 Å². The minimum absolute atomic E-state index is 0.0683. The number of hydrogen-bond donors (Lipinski definition) is 1. The molecule has 3 nitrogen and oxygen atoms in total. The maximum absolute atomic E-state index is 6.25. The molecule has 19 heavy (non-hydrogen) atoms. The normalized spacial score (nSPS) is 29.3. The van der Waals surface area contributed by atoms with E-state index in [2.05, 4.69) is 32.2 Å². The first-order chi connectivity index (χ1) is 9.22. The summed E-state index contributed by atoms with van der Waals surface area (Å²) in [6.07, 6.45) is 8.37. The second-order valence-electron chi connectivity index (χ2n) is 5.73. The summed E-state index contributed by atoms with van der Waals surface area (Å²) in [6, 6.07) is 2.30. The molecule has 0 aromatic carbocycles. The third-order valence-electron chi connectivity index (χ3n) is 4.36. The van der Waals surface area contributed by atoms with E-state index in [-0.39, 0.29) is 11.6 Å². The Morgan fingerprint density at radius 2 is 2.16 bits per heavy atom. The van der Waals surface area contributed by atoms with Crippen molar-refractivity contribution >= 4 is 0 Å². The maximum Gasteiger partial charge on any atom is 0.0951 e. The van der Waals surface area contributed by atoms with Crippen LogP contribution in [-0.2, 0) is 4.74 Å². The Hall–Kier alpha value is -0.800. The van der Waals surface area contributed by atoms with E-state index in [0.717, 1.165) is 31.9 Å². The van der Waals surface area contributed by atoms with Gasteiger partial charge in [0.05, 0.1) is 24.2 Å². The van der Waals surface area contributed by atoms with Gasteiger partial charge in [0.15, 0.2) is 0 Å². The van der Waals surface area contributed by atoms with Crippen LogP contribution in [0.25, 0.3) is 0 Å². The van der Waals surface area contributed by atoms with Crippen LogP contribution < -0.4 is 5.32 Å². The standard InChI is InChI=1S/C16H27NO2/c1-4-17-15(14-8-11-18-12-14)16(19-5-2)9-6-13(3)7-10-16/h8,11-13,15,17H,4-7,9-10H2,1-3H3. The van der Waals surface area contributed by atoms with Gasteiger partial charge in [-0.1, -0.05) is 13.8 Å². The van der Waals surface area contributed by atoms with E-state index >= 15 is 0 Å². The molecule has 1 unspecified atom stereocenters. The first-order valence-electron chi connectivity index (χ1n) is 7.61. The molecule has 0 bridgehead atoms. The number of rotatable bonds is 6. The molecule has 1 atom stereocenters. The molecule has 0 aliphatic heterocycles. The van der Waals surface area contributed by atoms with Gasteiger partial charge < -0.3 is 14.5 Å². The number of likely N-dealkylation sites (N-methyl/N-ethyl adjacent to an activating group) is 1. The van der Waals surface area contributed by atoms with Crippen molar-refractivity contribution < 1.29 is 9.15 Å². The molecule has 0 spiro atoms. The van der Waals surface area contributed by atoms with Crippen LogP contribution in [0.15, 0.2) is 23.0 Å². The Bertz CT molecular complexity index is 353. The van der Waals surface area contributed by atoms with Crippen molar-refractivity contribution in [2.75, 3.05) is 13.2 Å². The van der Waals surface area contributed by atoms with Gasteiger partial charge >= 0.3 is 0 Å². The van der Waals surface area contributed by atoms with E-state index < -0.39 is 0 Å². The molecule has 108 valence electrons. The van der Waals surface area contributed by atoms with E-state index in [9.17, 15) is 0 Å². The monoisotopic (exact) mass is 265 g/mol. The molecule has 1 fully saturated rings. The van der Waals surface area contributed by atoms with Crippen LogP contribution in [0.3, 0.4) is 0 Å². The molecule has 0 amide bonds. The summed E-state index contributed by atoms with van der Waals surface area (Å²) in [7, 11) is 0. The lowest BCUT2D eigenvalue weighted by atomic mass is 9.73. The zero-order valence-electron chi connectivity index (χ0n) is 12.4. The smallest absolute Gasteiger partial charge is 0.0951 e. The van der Waals surface area contributed by atoms with Crippen molar-refractivity contribution in [3.05, 3.63) is 24.2 Å². The highest BCUT2D eigenvalue weighted by atomic mass is 16.5. The molecule has 3 heteroatoms. The average Bonchev–Trinajstić information content (AvgIpc) is 2.93. The fourth-order valence-electron chi connectivity index (χ4n) is 3.31. The molecule has 1 heterocycles. The van der Waals surface area contributed by atoms with Crippen LogP contribution >= 0.6 is 0 Å². The van der Waals surface area contributed by atoms with E-state index in [0.29, 0.717) is 0 Å². The lowest BCUT2D eigenvalue weighted by Crippen LogP contribution is -2.48. The summed E-state index contributed by atoms with van der Waals surface area (Å²) in [4.78, 5) is 0. The molecule has 1 aromatic rings. The first kappa shape index (κ1) is 14.6. The van der Waals surface area contributed by atoms with Crippen molar-refractivity contribution in [1.29, 1.82) is 0 Å². The van der Waals surface area contributed by atoms with Gasteiger partial charge in [-0.3, -0.25) is 0 Å². The summed E-state index contributed by atoms with van der Waals surface area (Å²) in [6.45, 7) is 8.31. The van der Waals surface area contributed by atoms with Crippen LogP contribution in [0, 0.1) is 5.92 Å². The van der Waals surface area contributed by atoms with E-state index in [4.69, 9.17) is 9.15 Å². The Kier molecular flexibility index (Phi) is 5.06. The van der Waals surface area contributed by atoms with Gasteiger partial charge in [-0.05, 0) is 51.1 Å². The van der Waals surface area contributed by atoms with Crippen LogP contribution in [-0.4, -0.2) is 18.8 Å². The van der Waals surface area contributed by atoms with Gasteiger partial charge in [0.2, 0.25) is 0 Å². The largest absolute Gasteiger partial charge is 0.472 e. The van der Waals surface area contributed by atoms with Crippen molar-refractivity contribution in [2.45, 2.75) is 58.1 Å². The molecular weight excluding hydrogens is 238 g/mol. The molecule has 1 aliphatic carbocycles. The summed E-state index contributed by atoms with van der Waals surface area (Å²) >= 11 is 0. The molecule has 1 aliphatic rings. The highest BCUT2D eigenvalue weighted by molar-refractivity contribution is 5.18. The number of nitrogens with one attached hydrogen (secondary N) is 1. The summed E-state index contributed by atoms with van der Waals surface area (Å²) in [5.41, 5.74) is 1.14. The van der Waals surface area contributed by atoms with Gasteiger partial charge in [0, 0.05) is 12.2 Å². The molecule has 2 rings (SSSR count). The van der Waals surface area contributed by atoms with Crippen LogP contribution in [0.2, 0.25) is 0 Å². The average molecular weight is 265 g/mol. The number of ether oxygens (including phenoxy) is 1. The SMILES string of the molecule is CCNC(c1ccoc1)C1(OCC)CCC(C)CC1. The Morgan fingerprint density at radius 1 is 1.42 bits per heavy atom. The molecule has 0 saturated heterocycles. The zero-order valence-corrected chi connectivity index (χ0v) is 12.4. The fraction of sp³-hybridized carbons (Fsp3) is 0.750. The quantitative estimate of drug-likeness (QED) is 0.846. The van der Waals surface area contributed by atoms with Crippen molar-refractivity contribution in [3.8, 4) is 0 Å². The molecule has 1 saturated carbocycles. The van der Waals surface area contributed by atoms with Gasteiger partial charge in [-0.2, -0.15) is 0 Å². The van der Waals surface area contributed by atoms with E-state index in [1.165, 1.54) is 18.4 Å². The highest BCUT2D eigenvalue weighted by Gasteiger charge is 2.42. The van der Waals surface area contributed by atoms with Gasteiger partial charge in [0.1, 0.15) is 0 Å². The van der Waals surface area contributed by atoms with Crippen LogP contribution in [0.4, 0.5) is 0 Å².